The molecule has 0 aliphatic carbocycles. The third-order valence-electron chi connectivity index (χ3n) is 2.36. The molecule has 6 heteroatoms. The average Bonchev–Trinajstić information content (AvgIpc) is 2.29. The van der Waals surface area contributed by atoms with Crippen LogP contribution in [0.3, 0.4) is 0 Å². The fraction of sp³-hybridized carbons (Fsp3) is 0.417. The Kier molecular flexibility index (Phi) is 4.68. The monoisotopic (exact) mass is 260 g/mol. The second-order valence-electron chi connectivity index (χ2n) is 3.96. The van der Waals surface area contributed by atoms with E-state index < -0.39 is 17.6 Å². The van der Waals surface area contributed by atoms with E-state index in [1.807, 2.05) is 6.07 Å². The van der Waals surface area contributed by atoms with Crippen LogP contribution in [-0.2, 0) is 12.7 Å². The number of hydrogen-bond acceptors (Lipinski definition) is 2. The fourth-order valence-corrected chi connectivity index (χ4v) is 1.44. The van der Waals surface area contributed by atoms with Crippen molar-refractivity contribution in [1.82, 2.24) is 5.32 Å². The van der Waals surface area contributed by atoms with Crippen LogP contribution in [0.5, 0.6) is 0 Å². The predicted octanol–water partition coefficient (Wildman–Crippen LogP) is 3.09. The van der Waals surface area contributed by atoms with Gasteiger partial charge < -0.3 is 5.32 Å². The normalized spacial score (nSPS) is 13.1. The summed E-state index contributed by atoms with van der Waals surface area (Å²) in [6.45, 7) is 1.88. The first-order valence-corrected chi connectivity index (χ1v) is 5.30. The molecular weight excluding hydrogens is 248 g/mol. The summed E-state index contributed by atoms with van der Waals surface area (Å²) in [5, 5.41) is 11.3. The maximum Gasteiger partial charge on any atom is 0.416 e. The van der Waals surface area contributed by atoms with Crippen LogP contribution in [0.15, 0.2) is 18.2 Å². The summed E-state index contributed by atoms with van der Waals surface area (Å²) < 4.78 is 50.7. The summed E-state index contributed by atoms with van der Waals surface area (Å²) in [5.41, 5.74) is -1.02. The first-order chi connectivity index (χ1) is 8.34. The third-order valence-corrected chi connectivity index (χ3v) is 2.36. The number of benzene rings is 1. The Balaban J connectivity index is 2.80. The highest BCUT2D eigenvalue weighted by Crippen LogP contribution is 2.32. The number of nitriles is 1. The highest BCUT2D eigenvalue weighted by molar-refractivity contribution is 5.30. The molecule has 0 saturated heterocycles. The van der Waals surface area contributed by atoms with Gasteiger partial charge in [0.05, 0.1) is 17.6 Å². The van der Waals surface area contributed by atoms with Gasteiger partial charge in [-0.05, 0) is 24.6 Å². The molecule has 0 aromatic heterocycles. The van der Waals surface area contributed by atoms with Crippen LogP contribution in [0.1, 0.15) is 18.1 Å². The summed E-state index contributed by atoms with van der Waals surface area (Å²) in [5.74, 6) is -1.21. The van der Waals surface area contributed by atoms with E-state index in [4.69, 9.17) is 5.26 Å². The van der Waals surface area contributed by atoms with Gasteiger partial charge in [0.1, 0.15) is 5.82 Å². The summed E-state index contributed by atoms with van der Waals surface area (Å²) in [7, 11) is 0. The minimum atomic E-state index is -4.58. The zero-order valence-corrected chi connectivity index (χ0v) is 9.68. The van der Waals surface area contributed by atoms with Crippen molar-refractivity contribution in [3.8, 4) is 6.07 Å². The Hall–Kier alpha value is -1.61. The predicted molar refractivity (Wildman–Crippen MR) is 57.9 cm³/mol. The molecule has 1 rings (SSSR count). The van der Waals surface area contributed by atoms with E-state index in [1.54, 1.807) is 6.92 Å². The van der Waals surface area contributed by atoms with Gasteiger partial charge in [-0.25, -0.2) is 4.39 Å². The molecule has 0 bridgehead atoms. The molecule has 0 radical (unpaired) electrons. The molecule has 0 heterocycles. The topological polar surface area (TPSA) is 35.8 Å². The lowest BCUT2D eigenvalue weighted by atomic mass is 10.1. The van der Waals surface area contributed by atoms with E-state index >= 15 is 0 Å². The second kappa shape index (κ2) is 5.83. The van der Waals surface area contributed by atoms with Gasteiger partial charge in [-0.1, -0.05) is 6.07 Å². The van der Waals surface area contributed by atoms with E-state index in [0.717, 1.165) is 12.1 Å². The van der Waals surface area contributed by atoms with Gasteiger partial charge in [-0.2, -0.15) is 18.4 Å². The minimum absolute atomic E-state index is 0.0333. The lowest BCUT2D eigenvalue weighted by Gasteiger charge is -2.13. The Morgan fingerprint density at radius 1 is 1.39 bits per heavy atom. The molecule has 98 valence electrons. The first-order valence-electron chi connectivity index (χ1n) is 5.30. The standard InChI is InChI=1S/C12H12F4N2/c1-8(5-17)6-18-7-9-2-3-10(13)4-11(9)12(14,15)16/h2-4,8,18H,6-7H2,1H3. The van der Waals surface area contributed by atoms with E-state index in [0.29, 0.717) is 6.07 Å². The number of rotatable bonds is 4. The SMILES string of the molecule is CC(C#N)CNCc1ccc(F)cc1C(F)(F)F. The van der Waals surface area contributed by atoms with Crippen LogP contribution < -0.4 is 5.32 Å². The number of hydrogen-bond donors (Lipinski definition) is 1. The van der Waals surface area contributed by atoms with Crippen molar-refractivity contribution in [3.05, 3.63) is 35.1 Å². The zero-order valence-electron chi connectivity index (χ0n) is 9.68. The number of nitrogens with one attached hydrogen (secondary N) is 1. The largest absolute Gasteiger partial charge is 0.416 e. The number of alkyl halides is 3. The van der Waals surface area contributed by atoms with Crippen molar-refractivity contribution in [3.63, 3.8) is 0 Å². The molecule has 18 heavy (non-hydrogen) atoms. The highest BCUT2D eigenvalue weighted by atomic mass is 19.4. The summed E-state index contributed by atoms with van der Waals surface area (Å²) in [4.78, 5) is 0. The van der Waals surface area contributed by atoms with E-state index in [2.05, 4.69) is 5.32 Å². The quantitative estimate of drug-likeness (QED) is 0.844. The van der Waals surface area contributed by atoms with Crippen molar-refractivity contribution < 1.29 is 17.6 Å². The van der Waals surface area contributed by atoms with Crippen LogP contribution in [0.4, 0.5) is 17.6 Å². The molecule has 1 aromatic carbocycles. The van der Waals surface area contributed by atoms with E-state index in [1.165, 1.54) is 0 Å². The number of halogens is 4. The molecule has 0 aliphatic rings. The highest BCUT2D eigenvalue weighted by Gasteiger charge is 2.33. The Labute approximate surface area is 102 Å². The van der Waals surface area contributed by atoms with Gasteiger partial charge in [0.2, 0.25) is 0 Å². The van der Waals surface area contributed by atoms with Crippen molar-refractivity contribution in [1.29, 1.82) is 5.26 Å². The lowest BCUT2D eigenvalue weighted by Crippen LogP contribution is -2.22. The van der Waals surface area contributed by atoms with Gasteiger partial charge in [0.25, 0.3) is 0 Å². The third kappa shape index (κ3) is 4.00. The van der Waals surface area contributed by atoms with Crippen molar-refractivity contribution in [2.75, 3.05) is 6.54 Å². The molecule has 0 amide bonds. The van der Waals surface area contributed by atoms with Crippen LogP contribution >= 0.6 is 0 Å². The maximum absolute atomic E-state index is 12.8. The fourth-order valence-electron chi connectivity index (χ4n) is 1.44. The maximum atomic E-state index is 12.8. The van der Waals surface area contributed by atoms with E-state index in [-0.39, 0.29) is 24.6 Å². The first kappa shape index (κ1) is 14.5. The van der Waals surface area contributed by atoms with Crippen molar-refractivity contribution in [2.24, 2.45) is 5.92 Å². The van der Waals surface area contributed by atoms with Gasteiger partial charge in [0.15, 0.2) is 0 Å². The average molecular weight is 260 g/mol. The molecule has 1 atom stereocenters. The lowest BCUT2D eigenvalue weighted by molar-refractivity contribution is -0.138. The summed E-state index contributed by atoms with van der Waals surface area (Å²) in [6.07, 6.45) is -4.58. The minimum Gasteiger partial charge on any atom is -0.311 e. The molecule has 1 unspecified atom stereocenters. The smallest absolute Gasteiger partial charge is 0.311 e. The molecule has 0 spiro atoms. The van der Waals surface area contributed by atoms with Crippen LogP contribution in [0, 0.1) is 23.1 Å². The number of nitrogens with zero attached hydrogens (tertiary/aromatic N) is 1. The van der Waals surface area contributed by atoms with E-state index in [9.17, 15) is 17.6 Å². The molecule has 0 fully saturated rings. The second-order valence-corrected chi connectivity index (χ2v) is 3.96. The molecule has 1 aromatic rings. The Morgan fingerprint density at radius 2 is 2.06 bits per heavy atom. The van der Waals surface area contributed by atoms with Crippen LogP contribution in [0.25, 0.3) is 0 Å². The Morgan fingerprint density at radius 3 is 2.61 bits per heavy atom. The zero-order chi connectivity index (χ0) is 13.8. The molecule has 1 N–H and O–H groups in total. The summed E-state index contributed by atoms with van der Waals surface area (Å²) in [6, 6.07) is 4.52. The molecular formula is C12H12F4N2. The van der Waals surface area contributed by atoms with Crippen molar-refractivity contribution in [2.45, 2.75) is 19.6 Å². The summed E-state index contributed by atoms with van der Waals surface area (Å²) >= 11 is 0. The van der Waals surface area contributed by atoms with Gasteiger partial charge in [-0.3, -0.25) is 0 Å². The van der Waals surface area contributed by atoms with Gasteiger partial charge in [-0.15, -0.1) is 0 Å². The Bertz CT molecular complexity index is 448. The van der Waals surface area contributed by atoms with Gasteiger partial charge in [0, 0.05) is 13.1 Å². The molecule has 2 nitrogen and oxygen atoms in total. The molecule has 0 aliphatic heterocycles. The van der Waals surface area contributed by atoms with Crippen LogP contribution in [-0.4, -0.2) is 6.54 Å². The van der Waals surface area contributed by atoms with Crippen LogP contribution in [0.2, 0.25) is 0 Å². The molecule has 0 saturated carbocycles. The van der Waals surface area contributed by atoms with Crippen molar-refractivity contribution >= 4 is 0 Å². The van der Waals surface area contributed by atoms with Gasteiger partial charge >= 0.3 is 6.18 Å².